The fourth-order valence-corrected chi connectivity index (χ4v) is 2.71. The Bertz CT molecular complexity index is 283. The lowest BCUT2D eigenvalue weighted by Gasteiger charge is -2.16. The van der Waals surface area contributed by atoms with Crippen LogP contribution in [0.25, 0.3) is 0 Å². The number of ether oxygens (including phenoxy) is 1. The maximum absolute atomic E-state index is 11.7. The van der Waals surface area contributed by atoms with Gasteiger partial charge in [-0.1, -0.05) is 18.7 Å². The molecule has 0 aromatic heterocycles. The van der Waals surface area contributed by atoms with E-state index in [1.165, 1.54) is 11.8 Å². The highest BCUT2D eigenvalue weighted by atomic mass is 32.2. The van der Waals surface area contributed by atoms with Crippen molar-refractivity contribution in [3.05, 3.63) is 0 Å². The molecule has 0 bridgehead atoms. The fourth-order valence-electron chi connectivity index (χ4n) is 2.02. The molecule has 1 aliphatic rings. The lowest BCUT2D eigenvalue weighted by Crippen LogP contribution is -2.27. The topological polar surface area (TPSA) is 46.6 Å². The van der Waals surface area contributed by atoms with Gasteiger partial charge in [0.25, 0.3) is 0 Å². The predicted molar refractivity (Wildman–Crippen MR) is 73.6 cm³/mol. The SMILES string of the molecule is CCCOCCCN1CC(CSC(C)=O)CC1=O. The van der Waals surface area contributed by atoms with Gasteiger partial charge in [0.15, 0.2) is 5.12 Å². The van der Waals surface area contributed by atoms with E-state index in [0.717, 1.165) is 44.9 Å². The minimum absolute atomic E-state index is 0.133. The molecule has 0 N–H and O–H groups in total. The largest absolute Gasteiger partial charge is 0.381 e. The predicted octanol–water partition coefficient (Wildman–Crippen LogP) is 1.93. The summed E-state index contributed by atoms with van der Waals surface area (Å²) in [5.41, 5.74) is 0. The van der Waals surface area contributed by atoms with E-state index < -0.39 is 0 Å². The Hall–Kier alpha value is -0.550. The first-order valence-electron chi connectivity index (χ1n) is 6.62. The molecule has 0 spiro atoms. The van der Waals surface area contributed by atoms with Crippen LogP contribution in [0.4, 0.5) is 0 Å². The van der Waals surface area contributed by atoms with Crippen LogP contribution in [0.3, 0.4) is 0 Å². The highest BCUT2D eigenvalue weighted by Gasteiger charge is 2.29. The molecule has 0 aliphatic carbocycles. The van der Waals surface area contributed by atoms with Crippen LogP contribution >= 0.6 is 11.8 Å². The van der Waals surface area contributed by atoms with Crippen LogP contribution < -0.4 is 0 Å². The van der Waals surface area contributed by atoms with Gasteiger partial charge in [-0.25, -0.2) is 0 Å². The monoisotopic (exact) mass is 273 g/mol. The van der Waals surface area contributed by atoms with E-state index in [4.69, 9.17) is 4.74 Å². The maximum atomic E-state index is 11.7. The van der Waals surface area contributed by atoms with Gasteiger partial charge in [-0.2, -0.15) is 0 Å². The van der Waals surface area contributed by atoms with E-state index in [1.54, 1.807) is 6.92 Å². The zero-order valence-corrected chi connectivity index (χ0v) is 12.1. The molecule has 1 unspecified atom stereocenters. The van der Waals surface area contributed by atoms with Crippen molar-refractivity contribution in [2.24, 2.45) is 5.92 Å². The summed E-state index contributed by atoms with van der Waals surface area (Å²) in [6, 6.07) is 0. The average molecular weight is 273 g/mol. The minimum atomic E-state index is 0.133. The second kappa shape index (κ2) is 8.53. The molecule has 1 fully saturated rings. The molecule has 4 nitrogen and oxygen atoms in total. The van der Waals surface area contributed by atoms with Crippen LogP contribution in [0.2, 0.25) is 0 Å². The number of amides is 1. The molecule has 5 heteroatoms. The van der Waals surface area contributed by atoms with Gasteiger partial charge in [-0.05, 0) is 18.8 Å². The first-order valence-corrected chi connectivity index (χ1v) is 7.61. The van der Waals surface area contributed by atoms with Crippen molar-refractivity contribution < 1.29 is 14.3 Å². The summed E-state index contributed by atoms with van der Waals surface area (Å²) in [5, 5.41) is 0.133. The summed E-state index contributed by atoms with van der Waals surface area (Å²) in [6.07, 6.45) is 2.53. The number of carbonyl (C=O) groups is 2. The zero-order valence-electron chi connectivity index (χ0n) is 11.3. The molecule has 0 radical (unpaired) electrons. The van der Waals surface area contributed by atoms with Crippen molar-refractivity contribution in [1.82, 2.24) is 4.90 Å². The van der Waals surface area contributed by atoms with Gasteiger partial charge in [-0.3, -0.25) is 9.59 Å². The molecule has 1 rings (SSSR count). The van der Waals surface area contributed by atoms with Crippen LogP contribution in [0.1, 0.15) is 33.1 Å². The lowest BCUT2D eigenvalue weighted by atomic mass is 10.1. The maximum Gasteiger partial charge on any atom is 0.222 e. The van der Waals surface area contributed by atoms with E-state index >= 15 is 0 Å². The molecule has 1 atom stereocenters. The number of hydrogen-bond acceptors (Lipinski definition) is 4. The van der Waals surface area contributed by atoms with Gasteiger partial charge in [0.2, 0.25) is 5.91 Å². The molecule has 1 amide bonds. The Labute approximate surface area is 113 Å². The highest BCUT2D eigenvalue weighted by molar-refractivity contribution is 8.13. The molecule has 1 aliphatic heterocycles. The van der Waals surface area contributed by atoms with Crippen molar-refractivity contribution in [2.75, 3.05) is 32.1 Å². The van der Waals surface area contributed by atoms with Crippen molar-refractivity contribution in [1.29, 1.82) is 0 Å². The Kier molecular flexibility index (Phi) is 7.35. The van der Waals surface area contributed by atoms with Gasteiger partial charge < -0.3 is 9.64 Å². The van der Waals surface area contributed by atoms with Gasteiger partial charge >= 0.3 is 0 Å². The smallest absolute Gasteiger partial charge is 0.222 e. The normalized spacial score (nSPS) is 19.6. The first-order chi connectivity index (χ1) is 8.63. The van der Waals surface area contributed by atoms with E-state index in [0.29, 0.717) is 12.3 Å². The third-order valence-corrected chi connectivity index (χ3v) is 3.93. The second-order valence-corrected chi connectivity index (χ2v) is 5.88. The van der Waals surface area contributed by atoms with Gasteiger partial charge in [0, 0.05) is 45.4 Å². The van der Waals surface area contributed by atoms with Crippen molar-refractivity contribution in [2.45, 2.75) is 33.1 Å². The van der Waals surface area contributed by atoms with Crippen molar-refractivity contribution >= 4 is 22.8 Å². The van der Waals surface area contributed by atoms with Crippen LogP contribution in [0, 0.1) is 5.92 Å². The summed E-state index contributed by atoms with van der Waals surface area (Å²) in [6.45, 7) is 6.76. The number of carbonyl (C=O) groups excluding carboxylic acids is 2. The molecule has 0 saturated carbocycles. The van der Waals surface area contributed by atoms with Crippen molar-refractivity contribution in [3.8, 4) is 0 Å². The molecule has 0 aromatic rings. The summed E-state index contributed by atoms with van der Waals surface area (Å²) in [4.78, 5) is 24.5. The number of thioether (sulfide) groups is 1. The number of nitrogens with zero attached hydrogens (tertiary/aromatic N) is 1. The van der Waals surface area contributed by atoms with E-state index in [1.807, 2.05) is 4.90 Å². The molecule has 1 saturated heterocycles. The van der Waals surface area contributed by atoms with E-state index in [-0.39, 0.29) is 11.0 Å². The standard InChI is InChI=1S/C13H23NO3S/c1-3-6-17-7-4-5-14-9-12(8-13(14)16)10-18-11(2)15/h12H,3-10H2,1-2H3. The van der Waals surface area contributed by atoms with Gasteiger partial charge in [0.1, 0.15) is 0 Å². The fraction of sp³-hybridized carbons (Fsp3) is 0.846. The zero-order chi connectivity index (χ0) is 13.4. The molecular weight excluding hydrogens is 250 g/mol. The molecule has 104 valence electrons. The number of rotatable bonds is 8. The molecular formula is C13H23NO3S. The lowest BCUT2D eigenvalue weighted by molar-refractivity contribution is -0.127. The Balaban J connectivity index is 2.15. The highest BCUT2D eigenvalue weighted by Crippen LogP contribution is 2.22. The Morgan fingerprint density at radius 3 is 2.94 bits per heavy atom. The number of hydrogen-bond donors (Lipinski definition) is 0. The van der Waals surface area contributed by atoms with E-state index in [9.17, 15) is 9.59 Å². The molecule has 1 heterocycles. The minimum Gasteiger partial charge on any atom is -0.381 e. The van der Waals surface area contributed by atoms with Gasteiger partial charge in [0.05, 0.1) is 0 Å². The third kappa shape index (κ3) is 5.87. The van der Waals surface area contributed by atoms with Crippen molar-refractivity contribution in [3.63, 3.8) is 0 Å². The summed E-state index contributed by atoms with van der Waals surface area (Å²) in [5.74, 6) is 1.33. The first kappa shape index (κ1) is 15.5. The second-order valence-electron chi connectivity index (χ2n) is 4.68. The van der Waals surface area contributed by atoms with Crippen LogP contribution in [-0.4, -0.2) is 48.0 Å². The quantitative estimate of drug-likeness (QED) is 0.634. The molecule has 18 heavy (non-hydrogen) atoms. The van der Waals surface area contributed by atoms with E-state index in [2.05, 4.69) is 6.92 Å². The Morgan fingerprint density at radius 2 is 2.28 bits per heavy atom. The van der Waals surface area contributed by atoms with Crippen LogP contribution in [0.15, 0.2) is 0 Å². The van der Waals surface area contributed by atoms with Crippen LogP contribution in [-0.2, 0) is 14.3 Å². The molecule has 0 aromatic carbocycles. The average Bonchev–Trinajstić information content (AvgIpc) is 2.67. The third-order valence-electron chi connectivity index (χ3n) is 2.88. The summed E-state index contributed by atoms with van der Waals surface area (Å²) >= 11 is 1.33. The van der Waals surface area contributed by atoms with Crippen LogP contribution in [0.5, 0.6) is 0 Å². The Morgan fingerprint density at radius 1 is 1.50 bits per heavy atom. The summed E-state index contributed by atoms with van der Waals surface area (Å²) in [7, 11) is 0. The summed E-state index contributed by atoms with van der Waals surface area (Å²) < 4.78 is 5.40. The number of likely N-dealkylation sites (tertiary alicyclic amines) is 1. The van der Waals surface area contributed by atoms with Gasteiger partial charge in [-0.15, -0.1) is 0 Å².